The molecule has 7 heteroatoms. The van der Waals surface area contributed by atoms with Gasteiger partial charge >= 0.3 is 0 Å². The topological polar surface area (TPSA) is 60.2 Å². The molecule has 0 saturated carbocycles. The lowest BCUT2D eigenvalue weighted by molar-refractivity contribution is 0.169. The Bertz CT molecular complexity index is 544. The number of halogens is 2. The summed E-state index contributed by atoms with van der Waals surface area (Å²) >= 11 is 3.34. The van der Waals surface area contributed by atoms with Crippen LogP contribution in [0.2, 0.25) is 0 Å². The van der Waals surface area contributed by atoms with Gasteiger partial charge in [0.25, 0.3) is 0 Å². The normalized spacial score (nSPS) is 12.6. The third-order valence-electron chi connectivity index (χ3n) is 2.63. The van der Waals surface area contributed by atoms with E-state index in [4.69, 9.17) is 4.74 Å². The van der Waals surface area contributed by atoms with Gasteiger partial charge in [0.1, 0.15) is 11.9 Å². The number of rotatable bonds is 5. The van der Waals surface area contributed by atoms with E-state index in [9.17, 15) is 9.50 Å². The van der Waals surface area contributed by atoms with Gasteiger partial charge in [-0.3, -0.25) is 9.67 Å². The molecule has 0 amide bonds. The van der Waals surface area contributed by atoms with E-state index >= 15 is 0 Å². The lowest BCUT2D eigenvalue weighted by atomic mass is 10.1. The number of hydrogen-bond donors (Lipinski definition) is 1. The van der Waals surface area contributed by atoms with Crippen molar-refractivity contribution in [2.75, 3.05) is 13.7 Å². The second kappa shape index (κ2) is 6.23. The van der Waals surface area contributed by atoms with Gasteiger partial charge in [0, 0.05) is 7.11 Å². The Kier molecular flexibility index (Phi) is 4.62. The lowest BCUT2D eigenvalue weighted by Crippen LogP contribution is -2.14. The van der Waals surface area contributed by atoms with Gasteiger partial charge in [-0.2, -0.15) is 5.10 Å². The molecule has 0 spiro atoms. The van der Waals surface area contributed by atoms with Crippen LogP contribution in [0.25, 0.3) is 0 Å². The summed E-state index contributed by atoms with van der Waals surface area (Å²) in [5, 5.41) is 14.5. The molecule has 2 heterocycles. The molecule has 1 atom stereocenters. The SMILES string of the molecule is COCCn1ncc(Br)c1C(O)c1ccc(F)cn1. The van der Waals surface area contributed by atoms with Crippen LogP contribution in [-0.4, -0.2) is 33.6 Å². The summed E-state index contributed by atoms with van der Waals surface area (Å²) in [5.74, 6) is -0.442. The van der Waals surface area contributed by atoms with Crippen LogP contribution in [0.1, 0.15) is 17.5 Å². The molecule has 5 nitrogen and oxygen atoms in total. The number of nitrogens with zero attached hydrogens (tertiary/aromatic N) is 3. The van der Waals surface area contributed by atoms with Crippen LogP contribution < -0.4 is 0 Å². The summed E-state index contributed by atoms with van der Waals surface area (Å²) in [6, 6.07) is 2.70. The molecule has 0 aliphatic heterocycles. The molecule has 0 aromatic carbocycles. The highest BCUT2D eigenvalue weighted by Gasteiger charge is 2.20. The number of aromatic nitrogens is 3. The molecule has 0 radical (unpaired) electrons. The van der Waals surface area contributed by atoms with Crippen LogP contribution >= 0.6 is 15.9 Å². The summed E-state index contributed by atoms with van der Waals surface area (Å²) in [6.45, 7) is 0.986. The first-order valence-electron chi connectivity index (χ1n) is 5.63. The van der Waals surface area contributed by atoms with Gasteiger partial charge in [-0.1, -0.05) is 0 Å². The molecule has 0 saturated heterocycles. The molecule has 0 fully saturated rings. The molecular weight excluding hydrogens is 317 g/mol. The fourth-order valence-corrected chi connectivity index (χ4v) is 2.20. The minimum Gasteiger partial charge on any atom is -0.383 e. The fourth-order valence-electron chi connectivity index (χ4n) is 1.69. The summed E-state index contributed by atoms with van der Waals surface area (Å²) < 4.78 is 20.1. The van der Waals surface area contributed by atoms with Crippen molar-refractivity contribution in [3.8, 4) is 0 Å². The van der Waals surface area contributed by atoms with E-state index in [0.717, 1.165) is 6.20 Å². The van der Waals surface area contributed by atoms with Crippen molar-refractivity contribution in [3.05, 3.63) is 46.2 Å². The summed E-state index contributed by atoms with van der Waals surface area (Å²) in [7, 11) is 1.59. The maximum absolute atomic E-state index is 12.8. The van der Waals surface area contributed by atoms with E-state index in [0.29, 0.717) is 29.0 Å². The Labute approximate surface area is 118 Å². The molecule has 1 N–H and O–H groups in total. The van der Waals surface area contributed by atoms with Crippen LogP contribution in [0, 0.1) is 5.82 Å². The summed E-state index contributed by atoms with van der Waals surface area (Å²) in [6.07, 6.45) is 1.69. The van der Waals surface area contributed by atoms with Crippen molar-refractivity contribution in [3.63, 3.8) is 0 Å². The molecule has 0 aliphatic carbocycles. The van der Waals surface area contributed by atoms with Gasteiger partial charge in [0.15, 0.2) is 0 Å². The Hall–Kier alpha value is -1.31. The van der Waals surface area contributed by atoms with Gasteiger partial charge in [-0.05, 0) is 28.1 Å². The number of hydrogen-bond acceptors (Lipinski definition) is 4. The minimum atomic E-state index is -0.977. The first-order valence-corrected chi connectivity index (χ1v) is 6.42. The number of aliphatic hydroxyl groups excluding tert-OH is 1. The van der Waals surface area contributed by atoms with E-state index in [1.807, 2.05) is 0 Å². The zero-order valence-corrected chi connectivity index (χ0v) is 11.8. The van der Waals surface area contributed by atoms with E-state index < -0.39 is 11.9 Å². The smallest absolute Gasteiger partial charge is 0.141 e. The second-order valence-corrected chi connectivity index (χ2v) is 4.75. The minimum absolute atomic E-state index is 0.362. The second-order valence-electron chi connectivity index (χ2n) is 3.90. The zero-order valence-electron chi connectivity index (χ0n) is 10.3. The van der Waals surface area contributed by atoms with Crippen LogP contribution in [0.15, 0.2) is 29.0 Å². The van der Waals surface area contributed by atoms with Crippen LogP contribution in [0.3, 0.4) is 0 Å². The van der Waals surface area contributed by atoms with Gasteiger partial charge in [0.2, 0.25) is 0 Å². The predicted molar refractivity (Wildman–Crippen MR) is 70.1 cm³/mol. The van der Waals surface area contributed by atoms with Crippen LogP contribution in [-0.2, 0) is 11.3 Å². The fraction of sp³-hybridized carbons (Fsp3) is 0.333. The Morgan fingerprint density at radius 2 is 2.26 bits per heavy atom. The predicted octanol–water partition coefficient (Wildman–Crippen LogP) is 1.91. The Morgan fingerprint density at radius 1 is 1.47 bits per heavy atom. The monoisotopic (exact) mass is 329 g/mol. The molecule has 1 unspecified atom stereocenters. The maximum Gasteiger partial charge on any atom is 0.141 e. The highest BCUT2D eigenvalue weighted by atomic mass is 79.9. The van der Waals surface area contributed by atoms with E-state index in [1.54, 1.807) is 18.0 Å². The quantitative estimate of drug-likeness (QED) is 0.910. The molecule has 2 rings (SSSR count). The summed E-state index contributed by atoms with van der Waals surface area (Å²) in [5.41, 5.74) is 0.928. The van der Waals surface area contributed by atoms with Crippen molar-refractivity contribution in [1.82, 2.24) is 14.8 Å². The Balaban J connectivity index is 2.29. The van der Waals surface area contributed by atoms with Crippen molar-refractivity contribution in [1.29, 1.82) is 0 Å². The van der Waals surface area contributed by atoms with Crippen molar-refractivity contribution in [2.24, 2.45) is 0 Å². The Morgan fingerprint density at radius 3 is 2.89 bits per heavy atom. The van der Waals surface area contributed by atoms with Gasteiger partial charge in [-0.25, -0.2) is 4.39 Å². The standard InChI is InChI=1S/C12H13BrFN3O2/c1-19-5-4-17-11(9(13)7-16-17)12(18)10-3-2-8(14)6-15-10/h2-3,6-7,12,18H,4-5H2,1H3. The maximum atomic E-state index is 12.8. The molecule has 19 heavy (non-hydrogen) atoms. The van der Waals surface area contributed by atoms with Crippen LogP contribution in [0.4, 0.5) is 4.39 Å². The zero-order chi connectivity index (χ0) is 13.8. The number of methoxy groups -OCH3 is 1. The van der Waals surface area contributed by atoms with E-state index in [2.05, 4.69) is 26.0 Å². The molecule has 2 aromatic rings. The number of ether oxygens (including phenoxy) is 1. The molecule has 0 aliphatic rings. The lowest BCUT2D eigenvalue weighted by Gasteiger charge is -2.13. The molecule has 0 bridgehead atoms. The highest BCUT2D eigenvalue weighted by molar-refractivity contribution is 9.10. The average molecular weight is 330 g/mol. The highest BCUT2D eigenvalue weighted by Crippen LogP contribution is 2.27. The largest absolute Gasteiger partial charge is 0.383 e. The number of pyridine rings is 1. The van der Waals surface area contributed by atoms with E-state index in [-0.39, 0.29) is 0 Å². The number of aliphatic hydroxyl groups is 1. The van der Waals surface area contributed by atoms with Gasteiger partial charge < -0.3 is 9.84 Å². The average Bonchev–Trinajstić information content (AvgIpc) is 2.77. The van der Waals surface area contributed by atoms with E-state index in [1.165, 1.54) is 12.1 Å². The third-order valence-corrected chi connectivity index (χ3v) is 3.24. The summed E-state index contributed by atoms with van der Waals surface area (Å²) in [4.78, 5) is 3.88. The molecular formula is C12H13BrFN3O2. The van der Waals surface area contributed by atoms with Gasteiger partial charge in [-0.15, -0.1) is 0 Å². The first kappa shape index (κ1) is 14.1. The molecule has 102 valence electrons. The van der Waals surface area contributed by atoms with Crippen molar-refractivity contribution in [2.45, 2.75) is 12.6 Å². The van der Waals surface area contributed by atoms with Crippen molar-refractivity contribution >= 4 is 15.9 Å². The van der Waals surface area contributed by atoms with Crippen LogP contribution in [0.5, 0.6) is 0 Å². The van der Waals surface area contributed by atoms with Gasteiger partial charge in [0.05, 0.1) is 41.4 Å². The van der Waals surface area contributed by atoms with Crippen molar-refractivity contribution < 1.29 is 14.2 Å². The molecule has 2 aromatic heterocycles. The third kappa shape index (κ3) is 3.17. The first-order chi connectivity index (χ1) is 9.13.